The smallest absolute Gasteiger partial charge is 0.107 e. The topological polar surface area (TPSA) is 54.7 Å². The van der Waals surface area contributed by atoms with Crippen LogP contribution in [-0.2, 0) is 6.42 Å². The molecule has 0 aliphatic rings. The van der Waals surface area contributed by atoms with Crippen LogP contribution in [0.25, 0.3) is 0 Å². The lowest BCUT2D eigenvalue weighted by Crippen LogP contribution is -2.04. The second-order valence-electron chi connectivity index (χ2n) is 3.39. The number of aromatic nitrogens is 2. The molecule has 0 aromatic carbocycles. The summed E-state index contributed by atoms with van der Waals surface area (Å²) in [6, 6.07) is 0. The van der Waals surface area contributed by atoms with E-state index >= 15 is 0 Å². The molecule has 0 unspecified atom stereocenters. The summed E-state index contributed by atoms with van der Waals surface area (Å²) in [5.74, 6) is 1.51. The number of rotatable bonds is 3. The van der Waals surface area contributed by atoms with E-state index < -0.39 is 0 Å². The maximum absolute atomic E-state index is 5.44. The highest BCUT2D eigenvalue weighted by molar-refractivity contribution is 5.16. The molecule has 3 N–H and O–H groups in total. The molecule has 0 atom stereocenters. The molecule has 1 aromatic heterocycles. The van der Waals surface area contributed by atoms with E-state index in [0.717, 1.165) is 12.2 Å². The molecule has 1 rings (SSSR count). The number of aryl methyl sites for hydroxylation is 1. The Hall–Kier alpha value is -0.830. The number of aromatic amines is 1. The standard InChI is InChI=1S/C9H17N3/c1-6(2)9-7(3)11-8(12-9)4-5-10/h6H,4-5,10H2,1-3H3,(H,11,12). The highest BCUT2D eigenvalue weighted by Gasteiger charge is 2.08. The van der Waals surface area contributed by atoms with E-state index in [1.54, 1.807) is 0 Å². The van der Waals surface area contributed by atoms with Gasteiger partial charge in [0.25, 0.3) is 0 Å². The van der Waals surface area contributed by atoms with Gasteiger partial charge in [-0.05, 0) is 19.4 Å². The Bertz CT molecular complexity index is 250. The van der Waals surface area contributed by atoms with Crippen molar-refractivity contribution in [1.82, 2.24) is 9.97 Å². The van der Waals surface area contributed by atoms with Crippen LogP contribution in [0.4, 0.5) is 0 Å². The Morgan fingerprint density at radius 1 is 1.50 bits per heavy atom. The summed E-state index contributed by atoms with van der Waals surface area (Å²) in [5.41, 5.74) is 7.78. The lowest BCUT2D eigenvalue weighted by molar-refractivity contribution is 0.810. The van der Waals surface area contributed by atoms with Crippen molar-refractivity contribution in [3.8, 4) is 0 Å². The Kier molecular flexibility index (Phi) is 2.87. The zero-order valence-electron chi connectivity index (χ0n) is 8.02. The molecule has 0 fully saturated rings. The third-order valence-electron chi connectivity index (χ3n) is 1.90. The van der Waals surface area contributed by atoms with Crippen molar-refractivity contribution in [2.24, 2.45) is 5.73 Å². The van der Waals surface area contributed by atoms with Crippen LogP contribution >= 0.6 is 0 Å². The number of imidazole rings is 1. The number of hydrogen-bond acceptors (Lipinski definition) is 2. The Morgan fingerprint density at radius 2 is 2.17 bits per heavy atom. The number of H-pyrrole nitrogens is 1. The number of nitrogens with two attached hydrogens (primary N) is 1. The first-order chi connectivity index (χ1) is 5.65. The monoisotopic (exact) mass is 167 g/mol. The van der Waals surface area contributed by atoms with E-state index in [4.69, 9.17) is 5.73 Å². The Morgan fingerprint density at radius 3 is 2.58 bits per heavy atom. The molecule has 68 valence electrons. The van der Waals surface area contributed by atoms with E-state index in [9.17, 15) is 0 Å². The van der Waals surface area contributed by atoms with Crippen LogP contribution in [0.15, 0.2) is 0 Å². The molecule has 3 nitrogen and oxygen atoms in total. The molecule has 0 aliphatic heterocycles. The number of nitrogens with one attached hydrogen (secondary N) is 1. The highest BCUT2D eigenvalue weighted by Crippen LogP contribution is 2.15. The van der Waals surface area contributed by atoms with Gasteiger partial charge in [0.05, 0.1) is 5.69 Å². The van der Waals surface area contributed by atoms with Gasteiger partial charge >= 0.3 is 0 Å². The van der Waals surface area contributed by atoms with Gasteiger partial charge in [-0.3, -0.25) is 0 Å². The van der Waals surface area contributed by atoms with E-state index in [2.05, 4.69) is 30.7 Å². The molecule has 0 amide bonds. The normalized spacial score (nSPS) is 11.1. The molecular weight excluding hydrogens is 150 g/mol. The molecule has 0 saturated heterocycles. The number of nitrogens with zero attached hydrogens (tertiary/aromatic N) is 1. The second-order valence-corrected chi connectivity index (χ2v) is 3.39. The van der Waals surface area contributed by atoms with Gasteiger partial charge < -0.3 is 10.7 Å². The molecule has 12 heavy (non-hydrogen) atoms. The first-order valence-corrected chi connectivity index (χ1v) is 4.40. The van der Waals surface area contributed by atoms with E-state index in [1.807, 2.05) is 0 Å². The fourth-order valence-electron chi connectivity index (χ4n) is 1.35. The van der Waals surface area contributed by atoms with Crippen LogP contribution < -0.4 is 5.73 Å². The molecule has 0 spiro atoms. The van der Waals surface area contributed by atoms with Crippen molar-refractivity contribution < 1.29 is 0 Å². The average molecular weight is 167 g/mol. The van der Waals surface area contributed by atoms with Crippen molar-refractivity contribution in [3.05, 3.63) is 17.2 Å². The van der Waals surface area contributed by atoms with E-state index in [0.29, 0.717) is 12.5 Å². The predicted molar refractivity (Wildman–Crippen MR) is 50.2 cm³/mol. The lowest BCUT2D eigenvalue weighted by atomic mass is 10.1. The van der Waals surface area contributed by atoms with Crippen LogP contribution in [0, 0.1) is 6.92 Å². The number of hydrogen-bond donors (Lipinski definition) is 2. The van der Waals surface area contributed by atoms with Gasteiger partial charge in [0.15, 0.2) is 0 Å². The third-order valence-corrected chi connectivity index (χ3v) is 1.90. The van der Waals surface area contributed by atoms with Gasteiger partial charge in [-0.2, -0.15) is 0 Å². The molecule has 1 aromatic rings. The van der Waals surface area contributed by atoms with Gasteiger partial charge in [0.2, 0.25) is 0 Å². The van der Waals surface area contributed by atoms with Crippen LogP contribution in [0.2, 0.25) is 0 Å². The highest BCUT2D eigenvalue weighted by atomic mass is 14.9. The minimum absolute atomic E-state index is 0.493. The Labute approximate surface area is 73.4 Å². The van der Waals surface area contributed by atoms with Crippen LogP contribution in [0.3, 0.4) is 0 Å². The molecular formula is C9H17N3. The average Bonchev–Trinajstić information content (AvgIpc) is 2.32. The summed E-state index contributed by atoms with van der Waals surface area (Å²) in [6.07, 6.45) is 0.841. The summed E-state index contributed by atoms with van der Waals surface area (Å²) in [5, 5.41) is 0. The van der Waals surface area contributed by atoms with E-state index in [-0.39, 0.29) is 0 Å². The first-order valence-electron chi connectivity index (χ1n) is 4.40. The lowest BCUT2D eigenvalue weighted by Gasteiger charge is -1.99. The van der Waals surface area contributed by atoms with Crippen LogP contribution in [0.5, 0.6) is 0 Å². The quantitative estimate of drug-likeness (QED) is 0.713. The molecule has 0 bridgehead atoms. The summed E-state index contributed by atoms with van der Waals surface area (Å²) < 4.78 is 0. The van der Waals surface area contributed by atoms with E-state index in [1.165, 1.54) is 11.4 Å². The van der Waals surface area contributed by atoms with Gasteiger partial charge in [0.1, 0.15) is 5.82 Å². The molecule has 0 saturated carbocycles. The van der Waals surface area contributed by atoms with Crippen molar-refractivity contribution in [3.63, 3.8) is 0 Å². The minimum Gasteiger partial charge on any atom is -0.346 e. The minimum atomic E-state index is 0.493. The van der Waals surface area contributed by atoms with Gasteiger partial charge in [-0.25, -0.2) is 4.98 Å². The predicted octanol–water partition coefficient (Wildman–Crippen LogP) is 1.34. The summed E-state index contributed by atoms with van der Waals surface area (Å²) in [7, 11) is 0. The summed E-state index contributed by atoms with van der Waals surface area (Å²) in [6.45, 7) is 7.01. The zero-order valence-corrected chi connectivity index (χ0v) is 8.02. The van der Waals surface area contributed by atoms with Crippen molar-refractivity contribution in [2.75, 3.05) is 6.54 Å². The maximum Gasteiger partial charge on any atom is 0.107 e. The SMILES string of the molecule is Cc1[nH]c(CCN)nc1C(C)C. The summed E-state index contributed by atoms with van der Waals surface area (Å²) in [4.78, 5) is 7.70. The fourth-order valence-corrected chi connectivity index (χ4v) is 1.35. The maximum atomic E-state index is 5.44. The molecule has 3 heteroatoms. The first kappa shape index (κ1) is 9.26. The van der Waals surface area contributed by atoms with Crippen LogP contribution in [0.1, 0.15) is 37.0 Å². The van der Waals surface area contributed by atoms with Crippen molar-refractivity contribution in [2.45, 2.75) is 33.1 Å². The molecule has 0 radical (unpaired) electrons. The zero-order chi connectivity index (χ0) is 9.14. The fraction of sp³-hybridized carbons (Fsp3) is 0.667. The van der Waals surface area contributed by atoms with Crippen LogP contribution in [-0.4, -0.2) is 16.5 Å². The molecule has 1 heterocycles. The van der Waals surface area contributed by atoms with Crippen molar-refractivity contribution >= 4 is 0 Å². The largest absolute Gasteiger partial charge is 0.346 e. The van der Waals surface area contributed by atoms with Gasteiger partial charge in [-0.1, -0.05) is 13.8 Å². The van der Waals surface area contributed by atoms with Gasteiger partial charge in [-0.15, -0.1) is 0 Å². The second kappa shape index (κ2) is 3.72. The molecule has 0 aliphatic carbocycles. The van der Waals surface area contributed by atoms with Gasteiger partial charge in [0, 0.05) is 12.1 Å². The van der Waals surface area contributed by atoms with Crippen molar-refractivity contribution in [1.29, 1.82) is 0 Å². The Balaban J connectivity index is 2.85. The summed E-state index contributed by atoms with van der Waals surface area (Å²) >= 11 is 0. The third kappa shape index (κ3) is 1.85.